The smallest absolute Gasteiger partial charge is 0.264 e. The van der Waals surface area contributed by atoms with Crippen molar-refractivity contribution in [3.05, 3.63) is 93.0 Å². The first-order valence-corrected chi connectivity index (χ1v) is 12.0. The van der Waals surface area contributed by atoms with E-state index in [9.17, 15) is 14.7 Å². The van der Waals surface area contributed by atoms with Crippen LogP contribution in [0.15, 0.2) is 65.1 Å². The van der Waals surface area contributed by atoms with Gasteiger partial charge in [-0.05, 0) is 66.9 Å². The van der Waals surface area contributed by atoms with E-state index in [0.29, 0.717) is 29.3 Å². The molecule has 0 aliphatic carbocycles. The number of anilines is 1. The largest absolute Gasteiger partial charge is 0.454 e. The first-order valence-electron chi connectivity index (χ1n) is 11.3. The Morgan fingerprint density at radius 3 is 2.71 bits per heavy atom. The van der Waals surface area contributed by atoms with Crippen LogP contribution in [0.1, 0.15) is 34.2 Å². The molecule has 1 atom stereocenters. The molecule has 1 amide bonds. The molecule has 0 radical (unpaired) electrons. The van der Waals surface area contributed by atoms with Crippen molar-refractivity contribution in [1.82, 2.24) is 0 Å². The molecule has 2 aliphatic heterocycles. The van der Waals surface area contributed by atoms with Gasteiger partial charge in [0.15, 0.2) is 22.9 Å². The summed E-state index contributed by atoms with van der Waals surface area (Å²) in [5.41, 5.74) is 2.97. The van der Waals surface area contributed by atoms with Gasteiger partial charge in [-0.3, -0.25) is 9.59 Å². The molecule has 178 valence electrons. The predicted molar refractivity (Wildman–Crippen MR) is 136 cm³/mol. The molecule has 0 bridgehead atoms. The van der Waals surface area contributed by atoms with Gasteiger partial charge in [0.2, 0.25) is 6.79 Å². The van der Waals surface area contributed by atoms with E-state index >= 15 is 0 Å². The molecule has 1 unspecified atom stereocenters. The number of rotatable bonds is 6. The molecule has 7 heteroatoms. The molecule has 0 spiro atoms. The van der Waals surface area contributed by atoms with Crippen molar-refractivity contribution in [2.24, 2.45) is 0 Å². The van der Waals surface area contributed by atoms with E-state index in [-0.39, 0.29) is 19.0 Å². The molecule has 0 fully saturated rings. The standard InChI is InChI=1S/C28H24BrNO5/c1-17-3-4-18(2)20(11-17)15-30-24-9-7-21(29)13-23(24)28(33,27(30)32)14-22(31)8-5-19-6-10-25-26(12-19)35-16-34-25/h3-13,33H,14-16H2,1-2H3/b8-5+. The van der Waals surface area contributed by atoms with Gasteiger partial charge in [0.1, 0.15) is 0 Å². The fourth-order valence-electron chi connectivity index (χ4n) is 4.51. The van der Waals surface area contributed by atoms with E-state index in [4.69, 9.17) is 9.47 Å². The van der Waals surface area contributed by atoms with Crippen molar-refractivity contribution in [2.45, 2.75) is 32.4 Å². The highest BCUT2D eigenvalue weighted by Gasteiger charge is 2.50. The van der Waals surface area contributed by atoms with E-state index in [2.05, 4.69) is 15.9 Å². The van der Waals surface area contributed by atoms with Gasteiger partial charge in [0.25, 0.3) is 5.91 Å². The lowest BCUT2D eigenvalue weighted by atomic mass is 9.89. The highest BCUT2D eigenvalue weighted by atomic mass is 79.9. The average Bonchev–Trinajstić information content (AvgIpc) is 3.37. The number of aliphatic hydroxyl groups is 1. The number of amides is 1. The summed E-state index contributed by atoms with van der Waals surface area (Å²) < 4.78 is 11.4. The third kappa shape index (κ3) is 4.37. The van der Waals surface area contributed by atoms with Crippen LogP contribution in [0, 0.1) is 13.8 Å². The van der Waals surface area contributed by atoms with Crippen LogP contribution >= 0.6 is 15.9 Å². The van der Waals surface area contributed by atoms with Crippen molar-refractivity contribution < 1.29 is 24.2 Å². The Bertz CT molecular complexity index is 1380. The minimum absolute atomic E-state index is 0.171. The molecule has 2 heterocycles. The summed E-state index contributed by atoms with van der Waals surface area (Å²) in [5, 5.41) is 11.6. The van der Waals surface area contributed by atoms with Crippen molar-refractivity contribution in [2.75, 3.05) is 11.7 Å². The quantitative estimate of drug-likeness (QED) is 0.440. The second-order valence-corrected chi connectivity index (χ2v) is 9.85. The number of fused-ring (bicyclic) bond motifs is 2. The predicted octanol–water partition coefficient (Wildman–Crippen LogP) is 5.20. The van der Waals surface area contributed by atoms with Crippen molar-refractivity contribution in [3.8, 4) is 11.5 Å². The monoisotopic (exact) mass is 533 g/mol. The first kappa shape index (κ1) is 23.3. The Labute approximate surface area is 211 Å². The Balaban J connectivity index is 1.42. The normalized spacial score (nSPS) is 18.4. The molecular weight excluding hydrogens is 510 g/mol. The van der Waals surface area contributed by atoms with Crippen LogP contribution in [-0.2, 0) is 21.7 Å². The van der Waals surface area contributed by atoms with E-state index in [0.717, 1.165) is 26.7 Å². The van der Waals surface area contributed by atoms with Gasteiger partial charge in [-0.2, -0.15) is 0 Å². The summed E-state index contributed by atoms with van der Waals surface area (Å²) in [6, 6.07) is 16.8. The molecule has 35 heavy (non-hydrogen) atoms. The summed E-state index contributed by atoms with van der Waals surface area (Å²) in [6.45, 7) is 4.48. The van der Waals surface area contributed by atoms with Crippen LogP contribution in [0.5, 0.6) is 11.5 Å². The first-order chi connectivity index (χ1) is 16.7. The number of carbonyl (C=O) groups is 2. The van der Waals surface area contributed by atoms with E-state index < -0.39 is 11.5 Å². The fourth-order valence-corrected chi connectivity index (χ4v) is 4.87. The third-order valence-electron chi connectivity index (χ3n) is 6.42. The summed E-state index contributed by atoms with van der Waals surface area (Å²) in [7, 11) is 0. The molecule has 1 N–H and O–H groups in total. The van der Waals surface area contributed by atoms with Crippen molar-refractivity contribution >= 4 is 39.4 Å². The summed E-state index contributed by atoms with van der Waals surface area (Å²) in [6.07, 6.45) is 2.66. The number of halogens is 1. The molecular formula is C28H24BrNO5. The molecule has 0 aromatic heterocycles. The zero-order valence-electron chi connectivity index (χ0n) is 19.4. The molecule has 0 saturated heterocycles. The minimum Gasteiger partial charge on any atom is -0.454 e. The Hall–Kier alpha value is -3.42. The fraction of sp³-hybridized carbons (Fsp3) is 0.214. The number of aryl methyl sites for hydroxylation is 2. The van der Waals surface area contributed by atoms with E-state index in [1.54, 1.807) is 35.2 Å². The highest BCUT2D eigenvalue weighted by Crippen LogP contribution is 2.44. The number of allylic oxidation sites excluding steroid dienone is 1. The maximum Gasteiger partial charge on any atom is 0.264 e. The second-order valence-electron chi connectivity index (χ2n) is 8.93. The summed E-state index contributed by atoms with van der Waals surface area (Å²) in [4.78, 5) is 28.1. The van der Waals surface area contributed by atoms with Crippen LogP contribution in [-0.4, -0.2) is 23.6 Å². The zero-order valence-corrected chi connectivity index (χ0v) is 21.0. The maximum atomic E-state index is 13.6. The van der Waals surface area contributed by atoms with Crippen LogP contribution in [0.25, 0.3) is 6.08 Å². The number of benzene rings is 3. The van der Waals surface area contributed by atoms with E-state index in [1.807, 2.05) is 44.2 Å². The molecule has 3 aromatic rings. The molecule has 6 nitrogen and oxygen atoms in total. The lowest BCUT2D eigenvalue weighted by Gasteiger charge is -2.23. The average molecular weight is 534 g/mol. The highest BCUT2D eigenvalue weighted by molar-refractivity contribution is 9.10. The van der Waals surface area contributed by atoms with Crippen molar-refractivity contribution in [1.29, 1.82) is 0 Å². The van der Waals surface area contributed by atoms with Gasteiger partial charge in [0, 0.05) is 10.0 Å². The third-order valence-corrected chi connectivity index (χ3v) is 6.91. The Morgan fingerprint density at radius 1 is 1.09 bits per heavy atom. The number of ether oxygens (including phenoxy) is 2. The molecule has 0 saturated carbocycles. The number of nitrogens with zero attached hydrogens (tertiary/aromatic N) is 1. The van der Waals surface area contributed by atoms with Gasteiger partial charge in [-0.25, -0.2) is 0 Å². The molecule has 3 aromatic carbocycles. The number of carbonyl (C=O) groups excluding carboxylic acids is 2. The van der Waals surface area contributed by atoms with Crippen LogP contribution in [0.4, 0.5) is 5.69 Å². The summed E-state index contributed by atoms with van der Waals surface area (Å²) in [5.74, 6) is 0.407. The molecule has 2 aliphatic rings. The van der Waals surface area contributed by atoms with Crippen LogP contribution in [0.3, 0.4) is 0 Å². The van der Waals surface area contributed by atoms with Gasteiger partial charge >= 0.3 is 0 Å². The van der Waals surface area contributed by atoms with Gasteiger partial charge in [-0.15, -0.1) is 0 Å². The Kier molecular flexibility index (Phi) is 5.99. The van der Waals surface area contributed by atoms with Gasteiger partial charge in [-0.1, -0.05) is 51.8 Å². The minimum atomic E-state index is -1.95. The number of hydrogen-bond donors (Lipinski definition) is 1. The topological polar surface area (TPSA) is 76.1 Å². The van der Waals surface area contributed by atoms with E-state index in [1.165, 1.54) is 6.08 Å². The summed E-state index contributed by atoms with van der Waals surface area (Å²) >= 11 is 3.43. The maximum absolute atomic E-state index is 13.6. The lowest BCUT2D eigenvalue weighted by molar-refractivity contribution is -0.140. The molecule has 5 rings (SSSR count). The SMILES string of the molecule is Cc1ccc(C)c(CN2C(=O)C(O)(CC(=O)/C=C/c3ccc4c(c3)OCO4)c3cc(Br)ccc32)c1. The van der Waals surface area contributed by atoms with Crippen LogP contribution < -0.4 is 14.4 Å². The zero-order chi connectivity index (χ0) is 24.7. The van der Waals surface area contributed by atoms with Crippen molar-refractivity contribution in [3.63, 3.8) is 0 Å². The number of ketones is 1. The second kappa shape index (κ2) is 8.98. The van der Waals surface area contributed by atoms with Crippen LogP contribution in [0.2, 0.25) is 0 Å². The van der Waals surface area contributed by atoms with Gasteiger partial charge in [0.05, 0.1) is 18.7 Å². The number of hydrogen-bond acceptors (Lipinski definition) is 5. The lowest BCUT2D eigenvalue weighted by Crippen LogP contribution is -2.41. The van der Waals surface area contributed by atoms with Gasteiger partial charge < -0.3 is 19.5 Å². The Morgan fingerprint density at radius 2 is 1.89 bits per heavy atom.